The Bertz CT molecular complexity index is 1690. The van der Waals surface area contributed by atoms with E-state index in [0.29, 0.717) is 52.3 Å². The van der Waals surface area contributed by atoms with Crippen LogP contribution in [0.2, 0.25) is 0 Å². The molecule has 4 aromatic rings. The molecule has 2 aliphatic carbocycles. The third kappa shape index (κ3) is 7.21. The fraction of sp³-hybridized carbons (Fsp3) is 0.432. The highest BCUT2D eigenvalue weighted by Crippen LogP contribution is 2.56. The predicted molar refractivity (Wildman–Crippen MR) is 199 cm³/mol. The molecular weight excluding hydrogens is 624 g/mol. The summed E-state index contributed by atoms with van der Waals surface area (Å²) in [4.78, 5) is 13.4. The first-order valence-electron chi connectivity index (χ1n) is 18.7. The zero-order valence-corrected chi connectivity index (χ0v) is 30.5. The molecule has 0 amide bonds. The van der Waals surface area contributed by atoms with Crippen LogP contribution < -0.4 is 18.9 Å². The van der Waals surface area contributed by atoms with Gasteiger partial charge in [-0.05, 0) is 77.1 Å². The molecule has 0 fully saturated rings. The summed E-state index contributed by atoms with van der Waals surface area (Å²) in [6, 6.07) is 21.8. The van der Waals surface area contributed by atoms with Gasteiger partial charge in [0.25, 0.3) is 0 Å². The maximum Gasteiger partial charge on any atom is 0.306 e. The lowest BCUT2D eigenvalue weighted by Crippen LogP contribution is -2.14. The van der Waals surface area contributed by atoms with E-state index in [2.05, 4.69) is 88.4 Å². The molecule has 0 spiro atoms. The Hall–Kier alpha value is -4.45. The van der Waals surface area contributed by atoms with Crippen LogP contribution in [0.4, 0.5) is 0 Å². The summed E-state index contributed by atoms with van der Waals surface area (Å²) in [6.07, 6.45) is 5.71. The van der Waals surface area contributed by atoms with E-state index in [1.54, 1.807) is 0 Å². The van der Waals surface area contributed by atoms with Crippen molar-refractivity contribution >= 4 is 5.97 Å². The van der Waals surface area contributed by atoms with Gasteiger partial charge >= 0.3 is 5.97 Å². The van der Waals surface area contributed by atoms with Crippen LogP contribution in [0.1, 0.15) is 117 Å². The first kappa shape index (κ1) is 35.4. The standard InChI is InChI=1S/C44H52O6/c1-6-21-47-41-29-13-11-15-31(41)26-33-17-19-35-36-20-18-34(27-32-16-12-14-30(25-29)42(32)48-22-7-2)44(50-24-9-4)40(36)37(28-38(45)46-10-5)39(35)43(33)49-23-8-3/h11-20,37H,6-10,21-28H2,1-5H3. The van der Waals surface area contributed by atoms with E-state index in [9.17, 15) is 4.79 Å². The van der Waals surface area contributed by atoms with Crippen LogP contribution in [0.25, 0.3) is 11.1 Å². The molecule has 264 valence electrons. The Morgan fingerprint density at radius 1 is 0.520 bits per heavy atom. The molecule has 0 heterocycles. The summed E-state index contributed by atoms with van der Waals surface area (Å²) in [6.45, 7) is 13.1. The maximum atomic E-state index is 13.4. The molecule has 0 aliphatic heterocycles. The summed E-state index contributed by atoms with van der Waals surface area (Å²) < 4.78 is 32.2. The van der Waals surface area contributed by atoms with Crippen LogP contribution in [0.5, 0.6) is 23.0 Å². The van der Waals surface area contributed by atoms with Gasteiger partial charge in [0.2, 0.25) is 0 Å². The molecule has 50 heavy (non-hydrogen) atoms. The second-order valence-corrected chi connectivity index (χ2v) is 13.3. The number of hydrogen-bond donors (Lipinski definition) is 0. The van der Waals surface area contributed by atoms with Crippen LogP contribution >= 0.6 is 0 Å². The molecule has 6 nitrogen and oxygen atoms in total. The fourth-order valence-corrected chi connectivity index (χ4v) is 7.44. The smallest absolute Gasteiger partial charge is 0.306 e. The van der Waals surface area contributed by atoms with Crippen LogP contribution in [0.3, 0.4) is 0 Å². The van der Waals surface area contributed by atoms with Crippen molar-refractivity contribution in [3.8, 4) is 34.1 Å². The average Bonchev–Trinajstić information content (AvgIpc) is 3.42. The highest BCUT2D eigenvalue weighted by molar-refractivity contribution is 5.87. The van der Waals surface area contributed by atoms with Crippen LogP contribution in [0, 0.1) is 0 Å². The first-order valence-corrected chi connectivity index (χ1v) is 18.7. The Morgan fingerprint density at radius 3 is 1.24 bits per heavy atom. The highest BCUT2D eigenvalue weighted by Gasteiger charge is 2.38. The SMILES string of the molecule is CCCOc1c2cccc1Cc1ccc3c(c1OCCC)C(CC(=O)OCC)c1c-3ccc(c1OCCC)Cc1cccc(c1OCCC)C2. The number of para-hydroxylation sites is 2. The lowest BCUT2D eigenvalue weighted by atomic mass is 9.87. The molecule has 0 saturated carbocycles. The topological polar surface area (TPSA) is 63.2 Å². The van der Waals surface area contributed by atoms with E-state index in [1.807, 2.05) is 6.92 Å². The normalized spacial score (nSPS) is 13.1. The zero-order chi connectivity index (χ0) is 35.0. The third-order valence-electron chi connectivity index (χ3n) is 9.52. The van der Waals surface area contributed by atoms with Crippen molar-refractivity contribution in [1.82, 2.24) is 0 Å². The summed E-state index contributed by atoms with van der Waals surface area (Å²) in [7, 11) is 0. The zero-order valence-electron chi connectivity index (χ0n) is 30.5. The van der Waals surface area contributed by atoms with E-state index < -0.39 is 0 Å². The molecule has 6 rings (SSSR count). The van der Waals surface area contributed by atoms with E-state index in [4.69, 9.17) is 23.7 Å². The van der Waals surface area contributed by atoms with Crippen LogP contribution in [-0.4, -0.2) is 39.0 Å². The Labute approximate surface area is 298 Å². The van der Waals surface area contributed by atoms with Crippen molar-refractivity contribution in [1.29, 1.82) is 0 Å². The largest absolute Gasteiger partial charge is 0.493 e. The van der Waals surface area contributed by atoms with Crippen LogP contribution in [0.15, 0.2) is 60.7 Å². The second kappa shape index (κ2) is 16.5. The van der Waals surface area contributed by atoms with Crippen molar-refractivity contribution in [2.75, 3.05) is 33.0 Å². The summed E-state index contributed by atoms with van der Waals surface area (Å²) >= 11 is 0. The molecular formula is C44H52O6. The molecule has 4 aromatic carbocycles. The van der Waals surface area contributed by atoms with Crippen molar-refractivity contribution in [3.63, 3.8) is 0 Å². The van der Waals surface area contributed by atoms with Crippen LogP contribution in [-0.2, 0) is 28.8 Å². The van der Waals surface area contributed by atoms with Gasteiger partial charge in [-0.1, -0.05) is 88.4 Å². The molecule has 0 saturated heterocycles. The van der Waals surface area contributed by atoms with E-state index >= 15 is 0 Å². The number of hydrogen-bond acceptors (Lipinski definition) is 6. The molecule has 0 aromatic heterocycles. The number of ether oxygens (including phenoxy) is 5. The summed E-state index contributed by atoms with van der Waals surface area (Å²) in [5, 5.41) is 0. The van der Waals surface area contributed by atoms with Gasteiger partial charge in [0.1, 0.15) is 23.0 Å². The molecule has 0 N–H and O–H groups in total. The molecule has 0 unspecified atom stereocenters. The number of esters is 1. The van der Waals surface area contributed by atoms with Gasteiger partial charge in [-0.15, -0.1) is 0 Å². The van der Waals surface area contributed by atoms with Crippen molar-refractivity contribution in [3.05, 3.63) is 105 Å². The van der Waals surface area contributed by atoms with E-state index in [0.717, 1.165) is 104 Å². The third-order valence-corrected chi connectivity index (χ3v) is 9.52. The average molecular weight is 677 g/mol. The Balaban J connectivity index is 1.66. The number of carbonyl (C=O) groups excluding carboxylic acids is 1. The quantitative estimate of drug-likeness (QED) is 0.103. The Morgan fingerprint density at radius 2 is 0.880 bits per heavy atom. The molecule has 2 aliphatic rings. The number of fused-ring (bicyclic) bond motifs is 7. The molecule has 0 atom stereocenters. The van der Waals surface area contributed by atoms with E-state index in [-0.39, 0.29) is 18.3 Å². The minimum absolute atomic E-state index is 0.201. The number of carbonyl (C=O) groups is 1. The van der Waals surface area contributed by atoms with Crippen molar-refractivity contribution in [2.24, 2.45) is 0 Å². The predicted octanol–water partition coefficient (Wildman–Crippen LogP) is 9.99. The second-order valence-electron chi connectivity index (χ2n) is 13.3. The highest BCUT2D eigenvalue weighted by atomic mass is 16.5. The van der Waals surface area contributed by atoms with Gasteiger partial charge in [0.05, 0.1) is 39.5 Å². The summed E-state index contributed by atoms with van der Waals surface area (Å²) in [5.74, 6) is 3.07. The molecule has 8 bridgehead atoms. The van der Waals surface area contributed by atoms with Crippen molar-refractivity contribution in [2.45, 2.75) is 91.9 Å². The van der Waals surface area contributed by atoms with Gasteiger partial charge in [-0.3, -0.25) is 4.79 Å². The summed E-state index contributed by atoms with van der Waals surface area (Å²) in [5.41, 5.74) is 10.9. The lowest BCUT2D eigenvalue weighted by molar-refractivity contribution is -0.143. The monoisotopic (exact) mass is 676 g/mol. The minimum Gasteiger partial charge on any atom is -0.493 e. The van der Waals surface area contributed by atoms with Gasteiger partial charge < -0.3 is 23.7 Å². The van der Waals surface area contributed by atoms with Gasteiger partial charge in [-0.2, -0.15) is 0 Å². The lowest BCUT2D eigenvalue weighted by Gasteiger charge is -2.24. The number of rotatable bonds is 15. The Kier molecular flexibility index (Phi) is 11.7. The first-order chi connectivity index (χ1) is 24.5. The van der Waals surface area contributed by atoms with E-state index in [1.165, 1.54) is 0 Å². The molecule has 6 heteroatoms. The maximum absolute atomic E-state index is 13.4. The van der Waals surface area contributed by atoms with Gasteiger partial charge in [0, 0.05) is 36.3 Å². The molecule has 0 radical (unpaired) electrons. The van der Waals surface area contributed by atoms with Crippen molar-refractivity contribution < 1.29 is 28.5 Å². The fourth-order valence-electron chi connectivity index (χ4n) is 7.44. The minimum atomic E-state index is -0.283. The number of benzene rings is 4. The van der Waals surface area contributed by atoms with Gasteiger partial charge in [0.15, 0.2) is 0 Å². The van der Waals surface area contributed by atoms with Gasteiger partial charge in [-0.25, -0.2) is 0 Å².